The minimum atomic E-state index is -0.0481. The highest BCUT2D eigenvalue weighted by Gasteiger charge is 2.20. The van der Waals surface area contributed by atoms with Crippen LogP contribution in [0.25, 0.3) is 0 Å². The summed E-state index contributed by atoms with van der Waals surface area (Å²) in [5.41, 5.74) is 1.30. The molecule has 0 unspecified atom stereocenters. The molecule has 0 aliphatic carbocycles. The molecule has 0 radical (unpaired) electrons. The lowest BCUT2D eigenvalue weighted by molar-refractivity contribution is -0.120. The lowest BCUT2D eigenvalue weighted by Crippen LogP contribution is -2.46. The molecule has 23 heavy (non-hydrogen) atoms. The first-order valence-electron chi connectivity index (χ1n) is 8.55. The van der Waals surface area contributed by atoms with E-state index in [9.17, 15) is 9.59 Å². The SMILES string of the molecule is CCC[C@H](CCc1ccccc1)NC(=O)N1CCNC(=O)CC1. The minimum absolute atomic E-state index is 0.0227. The highest BCUT2D eigenvalue weighted by atomic mass is 16.2. The van der Waals surface area contributed by atoms with Crippen LogP contribution < -0.4 is 10.6 Å². The van der Waals surface area contributed by atoms with E-state index >= 15 is 0 Å². The summed E-state index contributed by atoms with van der Waals surface area (Å²) in [6.45, 7) is 3.75. The third-order valence-corrected chi connectivity index (χ3v) is 4.19. The van der Waals surface area contributed by atoms with Crippen LogP contribution in [0.1, 0.15) is 38.2 Å². The standard InChI is InChI=1S/C18H27N3O2/c1-2-6-16(10-9-15-7-4-3-5-8-15)20-18(23)21-13-11-17(22)19-12-14-21/h3-5,7-8,16H,2,6,9-14H2,1H3,(H,19,22)(H,20,23)/t16-/m1/s1. The number of carbonyl (C=O) groups excluding carboxylic acids is 2. The van der Waals surface area contributed by atoms with Crippen molar-refractivity contribution in [2.24, 2.45) is 0 Å². The largest absolute Gasteiger partial charge is 0.354 e. The van der Waals surface area contributed by atoms with Crippen LogP contribution in [0.4, 0.5) is 4.79 Å². The Labute approximate surface area is 138 Å². The molecule has 126 valence electrons. The van der Waals surface area contributed by atoms with Crippen molar-refractivity contribution in [2.75, 3.05) is 19.6 Å². The fourth-order valence-corrected chi connectivity index (χ4v) is 2.86. The van der Waals surface area contributed by atoms with Gasteiger partial charge < -0.3 is 15.5 Å². The first-order valence-corrected chi connectivity index (χ1v) is 8.55. The molecule has 3 amide bonds. The fraction of sp³-hybridized carbons (Fsp3) is 0.556. The number of nitrogens with zero attached hydrogens (tertiary/aromatic N) is 1. The molecule has 1 saturated heterocycles. The van der Waals surface area contributed by atoms with Crippen LogP contribution in [-0.4, -0.2) is 42.5 Å². The molecule has 1 heterocycles. The number of aryl methyl sites for hydroxylation is 1. The van der Waals surface area contributed by atoms with E-state index in [1.54, 1.807) is 4.90 Å². The summed E-state index contributed by atoms with van der Waals surface area (Å²) >= 11 is 0. The monoisotopic (exact) mass is 317 g/mol. The van der Waals surface area contributed by atoms with E-state index in [1.807, 2.05) is 18.2 Å². The number of hydrogen-bond donors (Lipinski definition) is 2. The number of urea groups is 1. The summed E-state index contributed by atoms with van der Waals surface area (Å²) in [6, 6.07) is 10.5. The van der Waals surface area contributed by atoms with Gasteiger partial charge in [-0.3, -0.25) is 4.79 Å². The van der Waals surface area contributed by atoms with Crippen LogP contribution in [0, 0.1) is 0 Å². The summed E-state index contributed by atoms with van der Waals surface area (Å²) in [6.07, 6.45) is 4.31. The predicted octanol–water partition coefficient (Wildman–Crippen LogP) is 2.32. The van der Waals surface area contributed by atoms with Crippen molar-refractivity contribution in [3.05, 3.63) is 35.9 Å². The topological polar surface area (TPSA) is 61.4 Å². The maximum atomic E-state index is 12.4. The second-order valence-corrected chi connectivity index (χ2v) is 6.05. The Morgan fingerprint density at radius 1 is 1.26 bits per heavy atom. The Bertz CT molecular complexity index is 504. The van der Waals surface area contributed by atoms with Crippen LogP contribution in [0.2, 0.25) is 0 Å². The van der Waals surface area contributed by atoms with Gasteiger partial charge in [0, 0.05) is 32.1 Å². The number of nitrogens with one attached hydrogen (secondary N) is 2. The zero-order valence-corrected chi connectivity index (χ0v) is 13.9. The molecule has 0 saturated carbocycles. The second kappa shape index (κ2) is 9.18. The lowest BCUT2D eigenvalue weighted by atomic mass is 10.0. The van der Waals surface area contributed by atoms with E-state index in [-0.39, 0.29) is 18.0 Å². The van der Waals surface area contributed by atoms with Gasteiger partial charge in [-0.05, 0) is 24.8 Å². The highest BCUT2D eigenvalue weighted by Crippen LogP contribution is 2.10. The van der Waals surface area contributed by atoms with Crippen LogP contribution in [0.15, 0.2) is 30.3 Å². The third kappa shape index (κ3) is 5.93. The smallest absolute Gasteiger partial charge is 0.317 e. The normalized spacial score (nSPS) is 16.4. The fourth-order valence-electron chi connectivity index (χ4n) is 2.86. The molecule has 5 nitrogen and oxygen atoms in total. The van der Waals surface area contributed by atoms with Crippen LogP contribution in [-0.2, 0) is 11.2 Å². The maximum Gasteiger partial charge on any atom is 0.317 e. The van der Waals surface area contributed by atoms with Gasteiger partial charge >= 0.3 is 6.03 Å². The van der Waals surface area contributed by atoms with Crippen LogP contribution in [0.3, 0.4) is 0 Å². The molecule has 0 aromatic heterocycles. The number of hydrogen-bond acceptors (Lipinski definition) is 2. The molecular weight excluding hydrogens is 290 g/mol. The molecular formula is C18H27N3O2. The molecule has 0 bridgehead atoms. The molecule has 1 fully saturated rings. The number of carbonyl (C=O) groups is 2. The first kappa shape index (κ1) is 17.3. The molecule has 1 aromatic rings. The maximum absolute atomic E-state index is 12.4. The van der Waals surface area contributed by atoms with E-state index in [2.05, 4.69) is 29.7 Å². The van der Waals surface area contributed by atoms with Crippen molar-refractivity contribution in [2.45, 2.75) is 45.1 Å². The second-order valence-electron chi connectivity index (χ2n) is 6.05. The van der Waals surface area contributed by atoms with Gasteiger partial charge in [0.1, 0.15) is 0 Å². The Hall–Kier alpha value is -2.04. The van der Waals surface area contributed by atoms with Crippen molar-refractivity contribution < 1.29 is 9.59 Å². The van der Waals surface area contributed by atoms with Crippen LogP contribution in [0.5, 0.6) is 0 Å². The Morgan fingerprint density at radius 2 is 2.04 bits per heavy atom. The Balaban J connectivity index is 1.85. The van der Waals surface area contributed by atoms with Gasteiger partial charge in [-0.1, -0.05) is 43.7 Å². The van der Waals surface area contributed by atoms with Gasteiger partial charge in [0.25, 0.3) is 0 Å². The van der Waals surface area contributed by atoms with Crippen LogP contribution >= 0.6 is 0 Å². The summed E-state index contributed by atoms with van der Waals surface area (Å²) in [5, 5.41) is 5.94. The zero-order valence-electron chi connectivity index (χ0n) is 13.9. The molecule has 1 aliphatic heterocycles. The number of benzene rings is 1. The zero-order chi connectivity index (χ0) is 16.5. The van der Waals surface area contributed by atoms with Crippen molar-refractivity contribution in [3.8, 4) is 0 Å². The van der Waals surface area contributed by atoms with Crippen molar-refractivity contribution in [1.82, 2.24) is 15.5 Å². The quantitative estimate of drug-likeness (QED) is 0.846. The summed E-state index contributed by atoms with van der Waals surface area (Å²) in [5.74, 6) is 0.0227. The van der Waals surface area contributed by atoms with Gasteiger partial charge in [0.15, 0.2) is 0 Å². The summed E-state index contributed by atoms with van der Waals surface area (Å²) in [4.78, 5) is 25.5. The average Bonchev–Trinajstić information content (AvgIpc) is 2.78. The molecule has 0 spiro atoms. The third-order valence-electron chi connectivity index (χ3n) is 4.19. The van der Waals surface area contributed by atoms with E-state index in [1.165, 1.54) is 5.56 Å². The lowest BCUT2D eigenvalue weighted by Gasteiger charge is -2.25. The first-order chi connectivity index (χ1) is 11.2. The van der Waals surface area contributed by atoms with E-state index in [4.69, 9.17) is 0 Å². The van der Waals surface area contributed by atoms with Gasteiger partial charge in [-0.15, -0.1) is 0 Å². The van der Waals surface area contributed by atoms with E-state index < -0.39 is 0 Å². The molecule has 1 atom stereocenters. The number of rotatable bonds is 6. The van der Waals surface area contributed by atoms with Crippen molar-refractivity contribution >= 4 is 11.9 Å². The van der Waals surface area contributed by atoms with Gasteiger partial charge in [0.05, 0.1) is 0 Å². The highest BCUT2D eigenvalue weighted by molar-refractivity contribution is 5.79. The number of amides is 3. The Kier molecular flexibility index (Phi) is 6.91. The van der Waals surface area contributed by atoms with Gasteiger partial charge in [0.2, 0.25) is 5.91 Å². The average molecular weight is 317 g/mol. The molecule has 2 rings (SSSR count). The minimum Gasteiger partial charge on any atom is -0.354 e. The van der Waals surface area contributed by atoms with Gasteiger partial charge in [-0.2, -0.15) is 0 Å². The van der Waals surface area contributed by atoms with E-state index in [0.717, 1.165) is 25.7 Å². The summed E-state index contributed by atoms with van der Waals surface area (Å²) in [7, 11) is 0. The molecule has 1 aromatic carbocycles. The van der Waals surface area contributed by atoms with Gasteiger partial charge in [-0.25, -0.2) is 4.79 Å². The van der Waals surface area contributed by atoms with Crippen molar-refractivity contribution in [3.63, 3.8) is 0 Å². The molecule has 2 N–H and O–H groups in total. The molecule has 5 heteroatoms. The van der Waals surface area contributed by atoms with Crippen molar-refractivity contribution in [1.29, 1.82) is 0 Å². The Morgan fingerprint density at radius 3 is 2.78 bits per heavy atom. The van der Waals surface area contributed by atoms with E-state index in [0.29, 0.717) is 26.1 Å². The predicted molar refractivity (Wildman–Crippen MR) is 91.2 cm³/mol. The summed E-state index contributed by atoms with van der Waals surface area (Å²) < 4.78 is 0. The molecule has 1 aliphatic rings.